The number of benzene rings is 1. The zero-order valence-electron chi connectivity index (χ0n) is 11.7. The molecule has 2 aromatic rings. The van der Waals surface area contributed by atoms with E-state index in [1.807, 2.05) is 50.0 Å². The van der Waals surface area contributed by atoms with Crippen molar-refractivity contribution in [1.82, 2.24) is 9.78 Å². The topological polar surface area (TPSA) is 47.1 Å². The summed E-state index contributed by atoms with van der Waals surface area (Å²) in [4.78, 5) is 2.56. The van der Waals surface area contributed by atoms with E-state index in [2.05, 4.69) is 25.9 Å². The molecule has 0 aliphatic carbocycles. The van der Waals surface area contributed by atoms with Gasteiger partial charge in [0, 0.05) is 25.3 Å². The lowest BCUT2D eigenvalue weighted by Gasteiger charge is -2.20. The fraction of sp³-hybridized carbons (Fsp3) is 0.286. The number of halogens is 1. The minimum absolute atomic E-state index is 0.415. The Bertz CT molecular complexity index is 651. The smallest absolute Gasteiger partial charge is 0.104 e. The molecule has 6 heteroatoms. The molecule has 0 bridgehead atoms. The molecule has 20 heavy (non-hydrogen) atoms. The number of rotatable bonds is 4. The van der Waals surface area contributed by atoms with Crippen LogP contribution in [0.15, 0.2) is 28.7 Å². The molecule has 1 heterocycles. The zero-order valence-corrected chi connectivity index (χ0v) is 14.1. The first-order valence-electron chi connectivity index (χ1n) is 6.19. The Morgan fingerprint density at radius 2 is 2.20 bits per heavy atom. The van der Waals surface area contributed by atoms with Gasteiger partial charge in [-0.3, -0.25) is 4.68 Å². The van der Waals surface area contributed by atoms with Crippen LogP contribution in [0.1, 0.15) is 17.0 Å². The Balaban J connectivity index is 2.26. The summed E-state index contributed by atoms with van der Waals surface area (Å²) < 4.78 is 2.95. The van der Waals surface area contributed by atoms with Gasteiger partial charge in [-0.2, -0.15) is 5.10 Å². The molecule has 0 radical (unpaired) electrons. The van der Waals surface area contributed by atoms with E-state index < -0.39 is 0 Å². The highest BCUT2D eigenvalue weighted by Gasteiger charge is 2.13. The van der Waals surface area contributed by atoms with Gasteiger partial charge in [0.2, 0.25) is 0 Å². The van der Waals surface area contributed by atoms with Crippen molar-refractivity contribution in [3.63, 3.8) is 0 Å². The van der Waals surface area contributed by atoms with Crippen LogP contribution in [0, 0.1) is 6.92 Å². The van der Waals surface area contributed by atoms with Crippen molar-refractivity contribution >= 4 is 38.8 Å². The second-order valence-corrected chi connectivity index (χ2v) is 5.97. The van der Waals surface area contributed by atoms with Crippen molar-refractivity contribution in [2.45, 2.75) is 13.5 Å². The summed E-state index contributed by atoms with van der Waals surface area (Å²) >= 11 is 8.61. The van der Waals surface area contributed by atoms with Crippen LogP contribution in [0.5, 0.6) is 0 Å². The normalized spacial score (nSPS) is 10.6. The Kier molecular flexibility index (Phi) is 4.45. The lowest BCUT2D eigenvalue weighted by atomic mass is 10.2. The number of hydrogen-bond donors (Lipinski definition) is 1. The predicted octanol–water partition coefficient (Wildman–Crippen LogP) is 2.76. The summed E-state index contributed by atoms with van der Waals surface area (Å²) in [5.41, 5.74) is 9.75. The highest BCUT2D eigenvalue weighted by atomic mass is 79.9. The third-order valence-electron chi connectivity index (χ3n) is 3.22. The molecular weight excluding hydrogens is 336 g/mol. The summed E-state index contributed by atoms with van der Waals surface area (Å²) in [6, 6.07) is 7.92. The van der Waals surface area contributed by atoms with Gasteiger partial charge in [0.25, 0.3) is 0 Å². The second kappa shape index (κ2) is 5.93. The molecule has 0 unspecified atom stereocenters. The molecule has 0 spiro atoms. The lowest BCUT2D eigenvalue weighted by Crippen LogP contribution is -2.19. The van der Waals surface area contributed by atoms with Gasteiger partial charge >= 0.3 is 0 Å². The van der Waals surface area contributed by atoms with E-state index >= 15 is 0 Å². The van der Waals surface area contributed by atoms with Gasteiger partial charge in [-0.15, -0.1) is 0 Å². The van der Waals surface area contributed by atoms with Crippen LogP contribution in [-0.4, -0.2) is 21.8 Å². The van der Waals surface area contributed by atoms with Crippen molar-refractivity contribution in [2.24, 2.45) is 12.8 Å². The Labute approximate surface area is 132 Å². The van der Waals surface area contributed by atoms with Crippen LogP contribution in [-0.2, 0) is 13.6 Å². The van der Waals surface area contributed by atoms with Gasteiger partial charge < -0.3 is 10.6 Å². The molecule has 1 aromatic carbocycles. The Morgan fingerprint density at radius 3 is 2.75 bits per heavy atom. The molecule has 4 nitrogen and oxygen atoms in total. The molecule has 0 saturated carbocycles. The van der Waals surface area contributed by atoms with Crippen molar-refractivity contribution in [1.29, 1.82) is 0 Å². The fourth-order valence-electron chi connectivity index (χ4n) is 2.06. The highest BCUT2D eigenvalue weighted by molar-refractivity contribution is 9.10. The highest BCUT2D eigenvalue weighted by Crippen LogP contribution is 2.24. The van der Waals surface area contributed by atoms with Crippen molar-refractivity contribution in [3.05, 3.63) is 45.7 Å². The van der Waals surface area contributed by atoms with Crippen LogP contribution >= 0.6 is 28.1 Å². The second-order valence-electron chi connectivity index (χ2n) is 4.74. The lowest BCUT2D eigenvalue weighted by molar-refractivity contribution is 0.693. The third kappa shape index (κ3) is 3.02. The molecule has 0 saturated heterocycles. The number of nitrogens with zero attached hydrogens (tertiary/aromatic N) is 3. The van der Waals surface area contributed by atoms with Gasteiger partial charge in [-0.05, 0) is 35.0 Å². The van der Waals surface area contributed by atoms with Crippen LogP contribution in [0.3, 0.4) is 0 Å². The molecule has 0 aliphatic heterocycles. The maximum Gasteiger partial charge on any atom is 0.104 e. The molecule has 106 valence electrons. The molecule has 0 amide bonds. The van der Waals surface area contributed by atoms with Gasteiger partial charge in [0.15, 0.2) is 0 Å². The Morgan fingerprint density at radius 1 is 1.50 bits per heavy atom. The fourth-order valence-corrected chi connectivity index (χ4v) is 2.65. The molecule has 1 aromatic heterocycles. The number of aryl methyl sites for hydroxylation is 2. The minimum Gasteiger partial charge on any atom is -0.389 e. The van der Waals surface area contributed by atoms with E-state index in [0.717, 1.165) is 33.7 Å². The first-order chi connectivity index (χ1) is 9.40. The molecule has 0 atom stereocenters. The maximum absolute atomic E-state index is 5.68. The quantitative estimate of drug-likeness (QED) is 0.859. The van der Waals surface area contributed by atoms with E-state index in [-0.39, 0.29) is 0 Å². The summed E-state index contributed by atoms with van der Waals surface area (Å²) in [7, 11) is 3.99. The van der Waals surface area contributed by atoms with Crippen molar-refractivity contribution < 1.29 is 0 Å². The van der Waals surface area contributed by atoms with Crippen LogP contribution < -0.4 is 10.6 Å². The Hall–Kier alpha value is -1.40. The van der Waals surface area contributed by atoms with Crippen molar-refractivity contribution in [2.75, 3.05) is 11.9 Å². The number of hydrogen-bond acceptors (Lipinski definition) is 3. The average Bonchev–Trinajstić information content (AvgIpc) is 2.65. The van der Waals surface area contributed by atoms with E-state index in [1.165, 1.54) is 0 Å². The van der Waals surface area contributed by atoms with Gasteiger partial charge in [0.1, 0.15) is 4.99 Å². The standard InChI is InChI=1S/C14H17BrN4S/c1-9-13(15)12(19(3)17-9)8-18(2)11-6-4-5-10(7-11)14(16)20/h4-7H,8H2,1-3H3,(H2,16,20). The largest absolute Gasteiger partial charge is 0.389 e. The predicted molar refractivity (Wildman–Crippen MR) is 90.1 cm³/mol. The van der Waals surface area contributed by atoms with Gasteiger partial charge in [-0.25, -0.2) is 0 Å². The molecule has 2 rings (SSSR count). The summed E-state index contributed by atoms with van der Waals surface area (Å²) in [5, 5.41) is 4.41. The van der Waals surface area contributed by atoms with E-state index in [0.29, 0.717) is 4.99 Å². The average molecular weight is 353 g/mol. The van der Waals surface area contributed by atoms with E-state index in [4.69, 9.17) is 18.0 Å². The van der Waals surface area contributed by atoms with Crippen molar-refractivity contribution in [3.8, 4) is 0 Å². The number of thiocarbonyl (C=S) groups is 1. The molecule has 0 fully saturated rings. The minimum atomic E-state index is 0.415. The van der Waals surface area contributed by atoms with E-state index in [1.54, 1.807) is 0 Å². The summed E-state index contributed by atoms with van der Waals surface area (Å²) in [6.07, 6.45) is 0. The molecular formula is C14H17BrN4S. The van der Waals surface area contributed by atoms with E-state index in [9.17, 15) is 0 Å². The third-order valence-corrected chi connectivity index (χ3v) is 4.49. The molecule has 2 N–H and O–H groups in total. The zero-order chi connectivity index (χ0) is 14.9. The van der Waals surface area contributed by atoms with Crippen LogP contribution in [0.2, 0.25) is 0 Å². The van der Waals surface area contributed by atoms with Crippen LogP contribution in [0.25, 0.3) is 0 Å². The first-order valence-corrected chi connectivity index (χ1v) is 7.39. The maximum atomic E-state index is 5.68. The number of anilines is 1. The monoisotopic (exact) mass is 352 g/mol. The van der Waals surface area contributed by atoms with Crippen LogP contribution in [0.4, 0.5) is 5.69 Å². The van der Waals surface area contributed by atoms with Gasteiger partial charge in [-0.1, -0.05) is 24.4 Å². The summed E-state index contributed by atoms with van der Waals surface area (Å²) in [6.45, 7) is 2.74. The number of nitrogens with two attached hydrogens (primary N) is 1. The first kappa shape index (κ1) is 15.0. The summed E-state index contributed by atoms with van der Waals surface area (Å²) in [5.74, 6) is 0. The van der Waals surface area contributed by atoms with Gasteiger partial charge in [0.05, 0.1) is 22.4 Å². The molecule has 0 aliphatic rings. The SMILES string of the molecule is Cc1nn(C)c(CN(C)c2cccc(C(N)=S)c2)c1Br. The number of aromatic nitrogens is 2.